The summed E-state index contributed by atoms with van der Waals surface area (Å²) in [5.74, 6) is 0.967. The topological polar surface area (TPSA) is 57.7 Å². The third kappa shape index (κ3) is 4.86. The highest BCUT2D eigenvalue weighted by molar-refractivity contribution is 5.88. The van der Waals surface area contributed by atoms with Crippen molar-refractivity contribution in [2.75, 3.05) is 13.2 Å². The number of ether oxygens (including phenoxy) is 3. The monoisotopic (exact) mass is 391 g/mol. The fourth-order valence-electron chi connectivity index (χ4n) is 3.64. The van der Waals surface area contributed by atoms with Crippen molar-refractivity contribution in [3.63, 3.8) is 0 Å². The van der Waals surface area contributed by atoms with Crippen molar-refractivity contribution in [3.8, 4) is 22.9 Å². The normalized spacial score (nSPS) is 14.1. The fraction of sp³-hybridized carbons (Fsp3) is 0.333. The number of hydrogen-bond acceptors (Lipinski definition) is 5. The summed E-state index contributed by atoms with van der Waals surface area (Å²) in [5, 5.41) is 2.11. The third-order valence-corrected chi connectivity index (χ3v) is 5.08. The molecule has 0 N–H and O–H groups in total. The number of rotatable bonds is 7. The second-order valence-corrected chi connectivity index (χ2v) is 7.20. The van der Waals surface area contributed by atoms with Crippen LogP contribution in [0.25, 0.3) is 22.0 Å². The molecule has 0 radical (unpaired) electrons. The maximum atomic E-state index is 11.5. The fourth-order valence-corrected chi connectivity index (χ4v) is 3.64. The van der Waals surface area contributed by atoms with E-state index in [1.807, 2.05) is 48.5 Å². The van der Waals surface area contributed by atoms with E-state index >= 15 is 0 Å². The molecule has 1 heterocycles. The Morgan fingerprint density at radius 3 is 2.66 bits per heavy atom. The van der Waals surface area contributed by atoms with Gasteiger partial charge in [-0.05, 0) is 67.6 Å². The Balaban J connectivity index is 1.50. The van der Waals surface area contributed by atoms with E-state index in [0.717, 1.165) is 34.9 Å². The Morgan fingerprint density at radius 1 is 1.03 bits per heavy atom. The Kier molecular flexibility index (Phi) is 5.94. The van der Waals surface area contributed by atoms with Gasteiger partial charge in [0.15, 0.2) is 6.61 Å². The summed E-state index contributed by atoms with van der Waals surface area (Å²) in [4.78, 5) is 16.2. The molecule has 1 saturated carbocycles. The number of benzene rings is 2. The van der Waals surface area contributed by atoms with Crippen molar-refractivity contribution in [2.24, 2.45) is 0 Å². The molecule has 0 unspecified atom stereocenters. The van der Waals surface area contributed by atoms with Crippen LogP contribution in [0.1, 0.15) is 32.6 Å². The van der Waals surface area contributed by atoms with E-state index in [4.69, 9.17) is 19.2 Å². The van der Waals surface area contributed by atoms with Crippen LogP contribution in [0.15, 0.2) is 54.6 Å². The molecule has 2 aromatic carbocycles. The zero-order valence-corrected chi connectivity index (χ0v) is 16.6. The lowest BCUT2D eigenvalue weighted by Gasteiger charge is -2.13. The molecular weight excluding hydrogens is 366 g/mol. The number of hydrogen-bond donors (Lipinski definition) is 0. The standard InChI is InChI=1S/C24H25NO4/c1-2-27-24(26)16-28-21-13-12-17-14-19(11-10-18(17)15-21)22-8-5-9-23(25-22)29-20-6-3-4-7-20/h5,8-15,20H,2-4,6-7,16H2,1H3. The number of aromatic nitrogens is 1. The molecule has 0 amide bonds. The first-order valence-corrected chi connectivity index (χ1v) is 10.2. The molecule has 3 aromatic rings. The summed E-state index contributed by atoms with van der Waals surface area (Å²) >= 11 is 0. The van der Waals surface area contributed by atoms with Gasteiger partial charge in [-0.2, -0.15) is 0 Å². The average molecular weight is 391 g/mol. The van der Waals surface area contributed by atoms with Crippen LogP contribution in [-0.4, -0.2) is 30.3 Å². The highest BCUT2D eigenvalue weighted by atomic mass is 16.6. The van der Waals surface area contributed by atoms with Crippen molar-refractivity contribution < 1.29 is 19.0 Å². The number of pyridine rings is 1. The summed E-state index contributed by atoms with van der Waals surface area (Å²) in [6, 6.07) is 17.9. The van der Waals surface area contributed by atoms with Gasteiger partial charge in [-0.15, -0.1) is 0 Å². The van der Waals surface area contributed by atoms with Crippen molar-refractivity contribution in [3.05, 3.63) is 54.6 Å². The Bertz CT molecular complexity index is 995. The van der Waals surface area contributed by atoms with Crippen LogP contribution in [0.5, 0.6) is 11.6 Å². The molecule has 29 heavy (non-hydrogen) atoms. The lowest BCUT2D eigenvalue weighted by atomic mass is 10.0. The van der Waals surface area contributed by atoms with Gasteiger partial charge in [0.2, 0.25) is 5.88 Å². The van der Waals surface area contributed by atoms with Gasteiger partial charge >= 0.3 is 5.97 Å². The number of carbonyl (C=O) groups is 1. The van der Waals surface area contributed by atoms with Gasteiger partial charge in [0.25, 0.3) is 0 Å². The van der Waals surface area contributed by atoms with Crippen LogP contribution in [-0.2, 0) is 9.53 Å². The largest absolute Gasteiger partial charge is 0.482 e. The predicted molar refractivity (Wildman–Crippen MR) is 112 cm³/mol. The molecule has 1 aliphatic rings. The molecular formula is C24H25NO4. The van der Waals surface area contributed by atoms with Gasteiger partial charge in [0.05, 0.1) is 12.3 Å². The first-order valence-electron chi connectivity index (χ1n) is 10.2. The van der Waals surface area contributed by atoms with Crippen LogP contribution >= 0.6 is 0 Å². The van der Waals surface area contributed by atoms with Gasteiger partial charge in [0.1, 0.15) is 11.9 Å². The Labute approximate surface area is 170 Å². The molecule has 1 aliphatic carbocycles. The van der Waals surface area contributed by atoms with Crippen molar-refractivity contribution in [2.45, 2.75) is 38.7 Å². The van der Waals surface area contributed by atoms with E-state index in [1.165, 1.54) is 12.8 Å². The third-order valence-electron chi connectivity index (χ3n) is 5.08. The minimum Gasteiger partial charge on any atom is -0.482 e. The molecule has 5 heteroatoms. The molecule has 0 bridgehead atoms. The smallest absolute Gasteiger partial charge is 0.344 e. The molecule has 4 rings (SSSR count). The number of esters is 1. The minimum atomic E-state index is -0.367. The van der Waals surface area contributed by atoms with Gasteiger partial charge in [0, 0.05) is 11.6 Å². The lowest BCUT2D eigenvalue weighted by molar-refractivity contribution is -0.145. The zero-order chi connectivity index (χ0) is 20.1. The van der Waals surface area contributed by atoms with Crippen molar-refractivity contribution in [1.29, 1.82) is 0 Å². The average Bonchev–Trinajstić information content (AvgIpc) is 3.25. The van der Waals surface area contributed by atoms with Crippen molar-refractivity contribution in [1.82, 2.24) is 4.98 Å². The summed E-state index contributed by atoms with van der Waals surface area (Å²) in [5.41, 5.74) is 1.93. The number of nitrogens with zero attached hydrogens (tertiary/aromatic N) is 1. The zero-order valence-electron chi connectivity index (χ0n) is 16.6. The summed E-state index contributed by atoms with van der Waals surface area (Å²) in [6.45, 7) is 2.04. The van der Waals surface area contributed by atoms with E-state index in [0.29, 0.717) is 24.3 Å². The van der Waals surface area contributed by atoms with Crippen LogP contribution in [0.4, 0.5) is 0 Å². The lowest BCUT2D eigenvalue weighted by Crippen LogP contribution is -2.14. The van der Waals surface area contributed by atoms with Crippen LogP contribution in [0.2, 0.25) is 0 Å². The Hall–Kier alpha value is -3.08. The van der Waals surface area contributed by atoms with Crippen LogP contribution < -0.4 is 9.47 Å². The predicted octanol–water partition coefficient (Wildman–Crippen LogP) is 5.17. The van der Waals surface area contributed by atoms with Gasteiger partial charge in [-0.25, -0.2) is 9.78 Å². The first-order chi connectivity index (χ1) is 14.2. The van der Waals surface area contributed by atoms with E-state index in [-0.39, 0.29) is 12.6 Å². The SMILES string of the molecule is CCOC(=O)COc1ccc2cc(-c3cccc(OC4CCCC4)n3)ccc2c1. The van der Waals surface area contributed by atoms with Gasteiger partial charge < -0.3 is 14.2 Å². The molecule has 0 atom stereocenters. The summed E-state index contributed by atoms with van der Waals surface area (Å²) in [6.07, 6.45) is 4.99. The van der Waals surface area contributed by atoms with Crippen molar-refractivity contribution >= 4 is 16.7 Å². The van der Waals surface area contributed by atoms with Gasteiger partial charge in [-0.1, -0.05) is 24.3 Å². The van der Waals surface area contributed by atoms with Crippen LogP contribution in [0.3, 0.4) is 0 Å². The molecule has 0 spiro atoms. The van der Waals surface area contributed by atoms with Gasteiger partial charge in [-0.3, -0.25) is 0 Å². The summed E-state index contributed by atoms with van der Waals surface area (Å²) in [7, 11) is 0. The second-order valence-electron chi connectivity index (χ2n) is 7.20. The van der Waals surface area contributed by atoms with E-state index in [2.05, 4.69) is 6.07 Å². The second kappa shape index (κ2) is 8.95. The summed E-state index contributed by atoms with van der Waals surface area (Å²) < 4.78 is 16.4. The maximum Gasteiger partial charge on any atom is 0.344 e. The van der Waals surface area contributed by atoms with E-state index in [1.54, 1.807) is 6.92 Å². The highest BCUT2D eigenvalue weighted by Crippen LogP contribution is 2.28. The minimum absolute atomic E-state index is 0.0882. The molecule has 150 valence electrons. The maximum absolute atomic E-state index is 11.5. The Morgan fingerprint density at radius 2 is 1.83 bits per heavy atom. The van der Waals surface area contributed by atoms with E-state index in [9.17, 15) is 4.79 Å². The number of fused-ring (bicyclic) bond motifs is 1. The molecule has 5 nitrogen and oxygen atoms in total. The molecule has 0 saturated heterocycles. The molecule has 1 aromatic heterocycles. The van der Waals surface area contributed by atoms with Crippen LogP contribution in [0, 0.1) is 0 Å². The molecule has 1 fully saturated rings. The quantitative estimate of drug-likeness (QED) is 0.520. The number of carbonyl (C=O) groups excluding carboxylic acids is 1. The highest BCUT2D eigenvalue weighted by Gasteiger charge is 2.17. The van der Waals surface area contributed by atoms with E-state index < -0.39 is 0 Å². The molecule has 0 aliphatic heterocycles. The first kappa shape index (κ1) is 19.2.